The minimum Gasteiger partial charge on any atom is -0.423 e. The molecular weight excluding hydrogens is 737 g/mol. The van der Waals surface area contributed by atoms with Gasteiger partial charge in [0.2, 0.25) is 0 Å². The molecule has 1 fully saturated rings. The molecule has 4 aromatic carbocycles. The molecule has 0 atom stereocenters. The Balaban J connectivity index is 1.21. The second-order valence-electron chi connectivity index (χ2n) is 15.6. The Kier molecular flexibility index (Phi) is 11.7. The number of esters is 6. The summed E-state index contributed by atoms with van der Waals surface area (Å²) in [5.41, 5.74) is 5.18. The minimum atomic E-state index is -0.757. The van der Waals surface area contributed by atoms with Crippen LogP contribution in [0, 0.1) is 13.8 Å². The Bertz CT molecular complexity index is 2190. The van der Waals surface area contributed by atoms with Crippen LogP contribution in [0.5, 0.6) is 11.5 Å². The lowest BCUT2D eigenvalue weighted by atomic mass is 9.67. The lowest BCUT2D eigenvalue weighted by molar-refractivity contribution is 0.0425. The maximum Gasteiger partial charge on any atom is 0.347 e. The van der Waals surface area contributed by atoms with Crippen LogP contribution in [0.3, 0.4) is 0 Å². The second-order valence-corrected chi connectivity index (χ2v) is 15.6. The van der Waals surface area contributed by atoms with E-state index in [1.807, 2.05) is 52.0 Å². The van der Waals surface area contributed by atoms with Crippen molar-refractivity contribution in [1.29, 1.82) is 0 Å². The van der Waals surface area contributed by atoms with Crippen molar-refractivity contribution in [3.63, 3.8) is 0 Å². The predicted octanol–water partition coefficient (Wildman–Crippen LogP) is 10.1. The Morgan fingerprint density at radius 2 is 0.914 bits per heavy atom. The summed E-state index contributed by atoms with van der Waals surface area (Å²) in [7, 11) is 0. The van der Waals surface area contributed by atoms with Gasteiger partial charge in [0, 0.05) is 5.41 Å². The van der Waals surface area contributed by atoms with E-state index in [0.29, 0.717) is 35.5 Å². The van der Waals surface area contributed by atoms with Crippen molar-refractivity contribution in [1.82, 2.24) is 0 Å². The van der Waals surface area contributed by atoms with E-state index in [-0.39, 0.29) is 38.8 Å². The summed E-state index contributed by atoms with van der Waals surface area (Å²) in [5.74, 6) is -3.41. The molecule has 300 valence electrons. The first kappa shape index (κ1) is 40.3. The molecule has 0 amide bonds. The van der Waals surface area contributed by atoms with Gasteiger partial charge in [-0.05, 0) is 109 Å². The van der Waals surface area contributed by atoms with Crippen LogP contribution in [0.15, 0.2) is 60.7 Å². The van der Waals surface area contributed by atoms with Crippen molar-refractivity contribution in [2.45, 2.75) is 117 Å². The highest BCUT2D eigenvalue weighted by Crippen LogP contribution is 2.45. The molecule has 10 heteroatoms. The maximum absolute atomic E-state index is 13.6. The smallest absolute Gasteiger partial charge is 0.347 e. The predicted molar refractivity (Wildman–Crippen MR) is 215 cm³/mol. The zero-order chi connectivity index (χ0) is 41.1. The van der Waals surface area contributed by atoms with Crippen molar-refractivity contribution in [2.24, 2.45) is 0 Å². The van der Waals surface area contributed by atoms with Gasteiger partial charge in [0.1, 0.15) is 11.5 Å². The highest BCUT2D eigenvalue weighted by atomic mass is 16.6. The van der Waals surface area contributed by atoms with Crippen LogP contribution in [0.2, 0.25) is 0 Å². The lowest BCUT2D eigenvalue weighted by Crippen LogP contribution is -2.29. The Hall–Kier alpha value is -5.90. The zero-order valence-electron chi connectivity index (χ0n) is 33.5. The van der Waals surface area contributed by atoms with E-state index in [1.54, 1.807) is 0 Å². The van der Waals surface area contributed by atoms with Crippen molar-refractivity contribution in [3.8, 4) is 11.5 Å². The molecule has 0 saturated heterocycles. The zero-order valence-corrected chi connectivity index (χ0v) is 33.5. The van der Waals surface area contributed by atoms with Gasteiger partial charge >= 0.3 is 35.8 Å². The van der Waals surface area contributed by atoms with Crippen LogP contribution in [0.25, 0.3) is 0 Å². The largest absolute Gasteiger partial charge is 0.423 e. The van der Waals surface area contributed by atoms with Gasteiger partial charge in [0.25, 0.3) is 0 Å². The standard InChI is InChI=1S/C48H48O10/c1-5-32-34(18-20-36-40(32)46(53)57-44(36)51)42(49)55-38-22-16-30(26-28(38)3)48(24-14-12-10-8-7-9-11-13-15-25-48)31-17-23-39(29(4)27-31)56-43(50)35-19-21-37-41(33(35)6-2)47(54)58-45(37)52/h16-23,26-27H,5-15,24-25H2,1-4H3. The number of ether oxygens (including phenoxy) is 4. The molecular formula is C48H48O10. The fourth-order valence-electron chi connectivity index (χ4n) is 8.99. The van der Waals surface area contributed by atoms with Gasteiger partial charge in [0.15, 0.2) is 0 Å². The normalized spacial score (nSPS) is 16.7. The maximum atomic E-state index is 13.6. The quantitative estimate of drug-likeness (QED) is 0.0963. The molecule has 7 rings (SSSR count). The summed E-state index contributed by atoms with van der Waals surface area (Å²) in [6.07, 6.45) is 12.8. The Labute approximate surface area is 338 Å². The molecule has 1 saturated carbocycles. The highest BCUT2D eigenvalue weighted by Gasteiger charge is 2.37. The molecule has 0 aromatic heterocycles. The first-order valence-corrected chi connectivity index (χ1v) is 20.5. The third-order valence-corrected chi connectivity index (χ3v) is 12.1. The number of carbonyl (C=O) groups excluding carboxylic acids is 6. The van der Waals surface area contributed by atoms with Gasteiger partial charge < -0.3 is 18.9 Å². The third-order valence-electron chi connectivity index (χ3n) is 12.1. The fourth-order valence-corrected chi connectivity index (χ4v) is 8.99. The van der Waals surface area contributed by atoms with E-state index in [9.17, 15) is 28.8 Å². The number of benzene rings is 4. The number of carbonyl (C=O) groups is 6. The van der Waals surface area contributed by atoms with Crippen LogP contribution in [0.4, 0.5) is 0 Å². The van der Waals surface area contributed by atoms with Crippen molar-refractivity contribution in [3.05, 3.63) is 127 Å². The van der Waals surface area contributed by atoms with E-state index >= 15 is 0 Å². The number of rotatable bonds is 8. The highest BCUT2D eigenvalue weighted by molar-refractivity contribution is 6.17. The number of cyclic esters (lactones) is 4. The molecule has 0 spiro atoms. The molecule has 2 aliphatic heterocycles. The van der Waals surface area contributed by atoms with Crippen LogP contribution in [0.1, 0.15) is 180 Å². The van der Waals surface area contributed by atoms with Gasteiger partial charge in [-0.15, -0.1) is 0 Å². The lowest BCUT2D eigenvalue weighted by Gasteiger charge is -2.37. The van der Waals surface area contributed by atoms with Crippen molar-refractivity contribution >= 4 is 35.8 Å². The molecule has 58 heavy (non-hydrogen) atoms. The Morgan fingerprint density at radius 1 is 0.534 bits per heavy atom. The summed E-state index contributed by atoms with van der Waals surface area (Å²) >= 11 is 0. The first-order chi connectivity index (χ1) is 28.0. The van der Waals surface area contributed by atoms with Crippen LogP contribution in [-0.4, -0.2) is 35.8 Å². The van der Waals surface area contributed by atoms with E-state index in [4.69, 9.17) is 18.9 Å². The first-order valence-electron chi connectivity index (χ1n) is 20.5. The number of aryl methyl sites for hydroxylation is 2. The number of hydrogen-bond donors (Lipinski definition) is 0. The molecule has 2 heterocycles. The number of hydrogen-bond acceptors (Lipinski definition) is 10. The molecule has 1 aliphatic carbocycles. The molecule has 0 bridgehead atoms. The molecule has 10 nitrogen and oxygen atoms in total. The molecule has 0 N–H and O–H groups in total. The van der Waals surface area contributed by atoms with Gasteiger partial charge in [-0.1, -0.05) is 95.9 Å². The van der Waals surface area contributed by atoms with Crippen LogP contribution in [-0.2, 0) is 27.7 Å². The van der Waals surface area contributed by atoms with Crippen molar-refractivity contribution in [2.75, 3.05) is 0 Å². The van der Waals surface area contributed by atoms with Gasteiger partial charge in [-0.3, -0.25) is 0 Å². The van der Waals surface area contributed by atoms with Crippen molar-refractivity contribution < 1.29 is 47.7 Å². The van der Waals surface area contributed by atoms with E-state index in [1.165, 1.54) is 56.4 Å². The number of fused-ring (bicyclic) bond motifs is 2. The molecule has 0 radical (unpaired) electrons. The fraction of sp³-hybridized carbons (Fsp3) is 0.375. The summed E-state index contributed by atoms with van der Waals surface area (Å²) in [4.78, 5) is 76.6. The SMILES string of the molecule is CCc1c(C(=O)Oc2ccc(C3(c4ccc(OC(=O)c5ccc6c(c5CC)C(=O)OC6=O)c(C)c4)CCCCCCCCCCC3)cc2C)ccc2c1C(=O)OC2=O. The van der Waals surface area contributed by atoms with Gasteiger partial charge in [-0.25, -0.2) is 28.8 Å². The van der Waals surface area contributed by atoms with Gasteiger partial charge in [0.05, 0.1) is 33.4 Å². The third kappa shape index (κ3) is 7.60. The van der Waals surface area contributed by atoms with Gasteiger partial charge in [-0.2, -0.15) is 0 Å². The minimum absolute atomic E-state index is 0.118. The summed E-state index contributed by atoms with van der Waals surface area (Å²) in [6, 6.07) is 17.9. The van der Waals surface area contributed by atoms with E-state index in [2.05, 4.69) is 12.1 Å². The molecule has 3 aliphatic rings. The summed E-state index contributed by atoms with van der Waals surface area (Å²) in [6.45, 7) is 7.45. The second kappa shape index (κ2) is 16.9. The monoisotopic (exact) mass is 784 g/mol. The molecule has 4 aromatic rings. The average molecular weight is 785 g/mol. The van der Waals surface area contributed by atoms with Crippen LogP contribution < -0.4 is 9.47 Å². The average Bonchev–Trinajstić information content (AvgIpc) is 3.67. The topological polar surface area (TPSA) is 139 Å². The Morgan fingerprint density at radius 3 is 1.28 bits per heavy atom. The van der Waals surface area contributed by atoms with E-state index in [0.717, 1.165) is 60.8 Å². The van der Waals surface area contributed by atoms with E-state index < -0.39 is 35.8 Å². The summed E-state index contributed by atoms with van der Waals surface area (Å²) in [5, 5.41) is 0. The molecule has 0 unspecified atom stereocenters. The summed E-state index contributed by atoms with van der Waals surface area (Å²) < 4.78 is 21.6. The van der Waals surface area contributed by atoms with Crippen LogP contribution >= 0.6 is 0 Å².